The zero-order valence-corrected chi connectivity index (χ0v) is 13.1. The predicted molar refractivity (Wildman–Crippen MR) is 83.8 cm³/mol. The van der Waals surface area contributed by atoms with Crippen LogP contribution in [0.2, 0.25) is 0 Å². The van der Waals surface area contributed by atoms with Crippen LogP contribution in [0.15, 0.2) is 51.8 Å². The van der Waals surface area contributed by atoms with Gasteiger partial charge in [-0.3, -0.25) is 10.1 Å². The second-order valence-electron chi connectivity index (χ2n) is 4.15. The molecule has 0 bridgehead atoms. The topological polar surface area (TPSA) is 80.4 Å². The Labute approximate surface area is 133 Å². The first kappa shape index (κ1) is 15.5. The van der Waals surface area contributed by atoms with E-state index in [1.807, 2.05) is 0 Å². The summed E-state index contributed by atoms with van der Waals surface area (Å²) >= 11 is 4.85. The molecule has 0 fully saturated rings. The molecule has 21 heavy (non-hydrogen) atoms. The molecule has 108 valence electrons. The number of benzene rings is 2. The van der Waals surface area contributed by atoms with Gasteiger partial charge in [-0.2, -0.15) is 0 Å². The molecule has 2 rings (SSSR count). The van der Waals surface area contributed by atoms with E-state index >= 15 is 0 Å². The van der Waals surface area contributed by atoms with Crippen LogP contribution < -0.4 is 0 Å². The zero-order valence-electron chi connectivity index (χ0n) is 10.7. The summed E-state index contributed by atoms with van der Waals surface area (Å²) in [6.45, 7) is 0. The Bertz CT molecular complexity index is 688. The van der Waals surface area contributed by atoms with Crippen LogP contribution in [-0.2, 0) is 5.75 Å². The molecule has 7 heteroatoms. The maximum absolute atomic E-state index is 10.8. The lowest BCUT2D eigenvalue weighted by molar-refractivity contribution is -0.384. The molecule has 0 amide bonds. The van der Waals surface area contributed by atoms with Crippen LogP contribution in [0.25, 0.3) is 0 Å². The van der Waals surface area contributed by atoms with Crippen molar-refractivity contribution in [1.29, 1.82) is 0 Å². The molecular formula is C14H10BrNO4S. The van der Waals surface area contributed by atoms with Crippen molar-refractivity contribution in [1.82, 2.24) is 0 Å². The highest BCUT2D eigenvalue weighted by molar-refractivity contribution is 9.10. The van der Waals surface area contributed by atoms with Crippen LogP contribution in [0.1, 0.15) is 15.9 Å². The molecule has 0 radical (unpaired) electrons. The summed E-state index contributed by atoms with van der Waals surface area (Å²) in [5, 5.41) is 19.5. The van der Waals surface area contributed by atoms with Gasteiger partial charge in [-0.1, -0.05) is 22.0 Å². The highest BCUT2D eigenvalue weighted by atomic mass is 79.9. The Morgan fingerprint density at radius 1 is 1.24 bits per heavy atom. The molecule has 1 N–H and O–H groups in total. The normalized spacial score (nSPS) is 10.3. The highest BCUT2D eigenvalue weighted by Gasteiger charge is 2.09. The molecule has 0 spiro atoms. The number of halogens is 1. The molecule has 0 aromatic heterocycles. The lowest BCUT2D eigenvalue weighted by Crippen LogP contribution is -1.94. The number of non-ortho nitro benzene ring substituents is 1. The van der Waals surface area contributed by atoms with Crippen molar-refractivity contribution >= 4 is 39.3 Å². The first-order valence-corrected chi connectivity index (χ1v) is 7.64. The Balaban J connectivity index is 2.06. The van der Waals surface area contributed by atoms with Crippen LogP contribution >= 0.6 is 27.7 Å². The van der Waals surface area contributed by atoms with Gasteiger partial charge in [-0.15, -0.1) is 11.8 Å². The number of hydrogen-bond donors (Lipinski definition) is 1. The number of carbonyl (C=O) groups is 1. The molecule has 0 aliphatic heterocycles. The number of thioether (sulfide) groups is 1. The van der Waals surface area contributed by atoms with Gasteiger partial charge in [-0.05, 0) is 29.8 Å². The summed E-state index contributed by atoms with van der Waals surface area (Å²) in [6.07, 6.45) is 0. The van der Waals surface area contributed by atoms with Crippen LogP contribution in [0.4, 0.5) is 5.69 Å². The number of rotatable bonds is 5. The minimum absolute atomic E-state index is 0.0430. The lowest BCUT2D eigenvalue weighted by atomic mass is 10.2. The number of hydrogen-bond acceptors (Lipinski definition) is 4. The smallest absolute Gasteiger partial charge is 0.335 e. The van der Waals surface area contributed by atoms with Gasteiger partial charge in [-0.25, -0.2) is 4.79 Å². The largest absolute Gasteiger partial charge is 0.478 e. The third-order valence-electron chi connectivity index (χ3n) is 2.74. The maximum Gasteiger partial charge on any atom is 0.335 e. The lowest BCUT2D eigenvalue weighted by Gasteiger charge is -2.05. The molecule has 0 saturated carbocycles. The molecule has 0 aliphatic carbocycles. The van der Waals surface area contributed by atoms with Gasteiger partial charge in [0.05, 0.1) is 10.5 Å². The van der Waals surface area contributed by atoms with Crippen molar-refractivity contribution in [3.05, 3.63) is 68.2 Å². The first-order chi connectivity index (χ1) is 9.97. The van der Waals surface area contributed by atoms with E-state index < -0.39 is 10.9 Å². The third-order valence-corrected chi connectivity index (χ3v) is 4.54. The van der Waals surface area contributed by atoms with E-state index in [0.29, 0.717) is 10.2 Å². The summed E-state index contributed by atoms with van der Waals surface area (Å²) in [6, 6.07) is 11.2. The Hall–Kier alpha value is -1.86. The van der Waals surface area contributed by atoms with Crippen molar-refractivity contribution in [2.24, 2.45) is 0 Å². The Kier molecular flexibility index (Phi) is 4.98. The maximum atomic E-state index is 10.8. The molecule has 2 aromatic carbocycles. The molecule has 0 saturated heterocycles. The summed E-state index contributed by atoms with van der Waals surface area (Å²) in [5.74, 6) is -0.324. The molecular weight excluding hydrogens is 358 g/mol. The molecule has 5 nitrogen and oxygen atoms in total. The van der Waals surface area contributed by atoms with Crippen LogP contribution in [0, 0.1) is 10.1 Å². The number of nitro groups is 1. The average Bonchev–Trinajstić information content (AvgIpc) is 2.46. The number of nitrogens with zero attached hydrogens (tertiary/aromatic N) is 1. The minimum atomic E-state index is -0.954. The zero-order chi connectivity index (χ0) is 15.4. The Morgan fingerprint density at radius 3 is 2.43 bits per heavy atom. The van der Waals surface area contributed by atoms with Crippen LogP contribution in [0.5, 0.6) is 0 Å². The van der Waals surface area contributed by atoms with Crippen molar-refractivity contribution in [2.75, 3.05) is 0 Å². The highest BCUT2D eigenvalue weighted by Crippen LogP contribution is 2.29. The monoisotopic (exact) mass is 367 g/mol. The summed E-state index contributed by atoms with van der Waals surface area (Å²) in [5.41, 5.74) is 1.23. The van der Waals surface area contributed by atoms with Crippen LogP contribution in [-0.4, -0.2) is 16.0 Å². The quantitative estimate of drug-likeness (QED) is 0.482. The fourth-order valence-electron chi connectivity index (χ4n) is 1.62. The van der Waals surface area contributed by atoms with Gasteiger partial charge in [0.15, 0.2) is 0 Å². The SMILES string of the molecule is O=C(O)c1ccc(SCc2ccc([N+](=O)[O-])cc2Br)cc1. The predicted octanol–water partition coefficient (Wildman–Crippen LogP) is 4.35. The van der Waals surface area contributed by atoms with E-state index in [1.54, 1.807) is 30.3 Å². The number of nitro benzene ring substituents is 1. The van der Waals surface area contributed by atoms with Crippen LogP contribution in [0.3, 0.4) is 0 Å². The fraction of sp³-hybridized carbons (Fsp3) is 0.0714. The molecule has 0 aliphatic rings. The summed E-state index contributed by atoms with van der Waals surface area (Å²) < 4.78 is 0.686. The van der Waals surface area contributed by atoms with E-state index in [9.17, 15) is 14.9 Å². The van der Waals surface area contributed by atoms with E-state index in [1.165, 1.54) is 23.9 Å². The van der Waals surface area contributed by atoms with Gasteiger partial charge < -0.3 is 5.11 Å². The number of carboxylic acid groups (broad SMARTS) is 1. The van der Waals surface area contributed by atoms with Gasteiger partial charge in [0.25, 0.3) is 5.69 Å². The van der Waals surface area contributed by atoms with Gasteiger partial charge in [0.1, 0.15) is 0 Å². The standard InChI is InChI=1S/C14H10BrNO4S/c15-13-7-11(16(19)20)4-1-10(13)8-21-12-5-2-9(3-6-12)14(17)18/h1-7H,8H2,(H,17,18). The molecule has 2 aromatic rings. The molecule has 0 atom stereocenters. The van der Waals surface area contributed by atoms with Gasteiger partial charge >= 0.3 is 5.97 Å². The average molecular weight is 368 g/mol. The van der Waals surface area contributed by atoms with E-state index in [4.69, 9.17) is 5.11 Å². The van der Waals surface area contributed by atoms with E-state index in [-0.39, 0.29) is 11.3 Å². The first-order valence-electron chi connectivity index (χ1n) is 5.86. The summed E-state index contributed by atoms with van der Waals surface area (Å²) in [7, 11) is 0. The minimum Gasteiger partial charge on any atom is -0.478 e. The molecule has 0 unspecified atom stereocenters. The van der Waals surface area contributed by atoms with Crippen molar-refractivity contribution in [3.8, 4) is 0 Å². The Morgan fingerprint density at radius 2 is 1.90 bits per heavy atom. The van der Waals surface area contributed by atoms with Crippen molar-refractivity contribution in [2.45, 2.75) is 10.6 Å². The summed E-state index contributed by atoms with van der Waals surface area (Å²) in [4.78, 5) is 21.9. The fourth-order valence-corrected chi connectivity index (χ4v) is 3.22. The number of aromatic carboxylic acids is 1. The molecule has 0 heterocycles. The van der Waals surface area contributed by atoms with Gasteiger partial charge in [0.2, 0.25) is 0 Å². The second kappa shape index (κ2) is 6.73. The third kappa shape index (κ3) is 4.05. The van der Waals surface area contributed by atoms with Crippen molar-refractivity contribution < 1.29 is 14.8 Å². The van der Waals surface area contributed by atoms with E-state index in [0.717, 1.165) is 10.5 Å². The van der Waals surface area contributed by atoms with E-state index in [2.05, 4.69) is 15.9 Å². The number of carboxylic acids is 1. The second-order valence-corrected chi connectivity index (χ2v) is 6.05. The van der Waals surface area contributed by atoms with Crippen molar-refractivity contribution in [3.63, 3.8) is 0 Å². The van der Waals surface area contributed by atoms with Gasteiger partial charge in [0, 0.05) is 27.3 Å².